The van der Waals surface area contributed by atoms with Gasteiger partial charge in [-0.1, -0.05) is 20.8 Å². The first-order valence-corrected chi connectivity index (χ1v) is 3.64. The molecule has 0 aliphatic rings. The lowest BCUT2D eigenvalue weighted by Crippen LogP contribution is -2.10. The second kappa shape index (κ2) is 2.53. The van der Waals surface area contributed by atoms with Gasteiger partial charge in [0, 0.05) is 6.20 Å². The van der Waals surface area contributed by atoms with Crippen molar-refractivity contribution in [3.05, 3.63) is 24.0 Å². The van der Waals surface area contributed by atoms with Crippen LogP contribution in [0.1, 0.15) is 26.3 Å². The molecule has 60 valence electrons. The highest BCUT2D eigenvalue weighted by Gasteiger charge is 2.13. The van der Waals surface area contributed by atoms with E-state index in [0.717, 1.165) is 5.56 Å². The molecule has 1 aromatic heterocycles. The highest BCUT2D eigenvalue weighted by atomic mass is 16.3. The maximum Gasteiger partial charge on any atom is 0.134 e. The minimum absolute atomic E-state index is 0.0613. The van der Waals surface area contributed by atoms with Crippen LogP contribution in [-0.2, 0) is 5.41 Å². The van der Waals surface area contributed by atoms with Crippen molar-refractivity contribution in [1.82, 2.24) is 4.98 Å². The van der Waals surface area contributed by atoms with Gasteiger partial charge >= 0.3 is 0 Å². The molecule has 1 aromatic rings. The molecule has 0 bridgehead atoms. The van der Waals surface area contributed by atoms with Crippen molar-refractivity contribution in [3.63, 3.8) is 0 Å². The molecule has 0 radical (unpaired) electrons. The number of aromatic nitrogens is 1. The lowest BCUT2D eigenvalue weighted by molar-refractivity contribution is 0.467. The Kier molecular flexibility index (Phi) is 1.85. The van der Waals surface area contributed by atoms with Crippen molar-refractivity contribution in [1.29, 1.82) is 0 Å². The van der Waals surface area contributed by atoms with Crippen LogP contribution >= 0.6 is 0 Å². The van der Waals surface area contributed by atoms with Gasteiger partial charge in [-0.05, 0) is 17.0 Å². The molecule has 1 heterocycles. The molecule has 2 nitrogen and oxygen atoms in total. The summed E-state index contributed by atoms with van der Waals surface area (Å²) in [5.41, 5.74) is 1.11. The van der Waals surface area contributed by atoms with E-state index in [1.807, 2.05) is 0 Å². The first-order chi connectivity index (χ1) is 5.00. The van der Waals surface area contributed by atoms with Gasteiger partial charge < -0.3 is 5.11 Å². The summed E-state index contributed by atoms with van der Waals surface area (Å²) in [5, 5.41) is 9.11. The largest absolute Gasteiger partial charge is 0.506 e. The van der Waals surface area contributed by atoms with E-state index in [1.165, 1.54) is 6.20 Å². The molecule has 0 aromatic carbocycles. The van der Waals surface area contributed by atoms with Gasteiger partial charge in [-0.3, -0.25) is 4.98 Å². The summed E-state index contributed by atoms with van der Waals surface area (Å²) >= 11 is 0. The molecule has 0 aliphatic carbocycles. The van der Waals surface area contributed by atoms with Crippen LogP contribution in [0.2, 0.25) is 0 Å². The summed E-state index contributed by atoms with van der Waals surface area (Å²) in [6.07, 6.45) is 3.22. The summed E-state index contributed by atoms with van der Waals surface area (Å²) in [7, 11) is 0. The smallest absolute Gasteiger partial charge is 0.134 e. The van der Waals surface area contributed by atoms with E-state index < -0.39 is 0 Å². The zero-order valence-corrected chi connectivity index (χ0v) is 7.13. The quantitative estimate of drug-likeness (QED) is 0.615. The average Bonchev–Trinajstić information content (AvgIpc) is 1.86. The van der Waals surface area contributed by atoms with Crippen LogP contribution in [0.4, 0.5) is 0 Å². The van der Waals surface area contributed by atoms with E-state index in [-0.39, 0.29) is 11.2 Å². The van der Waals surface area contributed by atoms with Gasteiger partial charge in [0.25, 0.3) is 0 Å². The fourth-order valence-corrected chi connectivity index (χ4v) is 0.838. The Labute approximate surface area is 66.9 Å². The van der Waals surface area contributed by atoms with Crippen LogP contribution in [0.25, 0.3) is 0 Å². The molecule has 0 atom stereocenters. The SMILES string of the molecule is CC(C)(C)c1cncc(O)c1. The van der Waals surface area contributed by atoms with Crippen LogP contribution in [0.3, 0.4) is 0 Å². The Balaban J connectivity index is 3.06. The summed E-state index contributed by atoms with van der Waals surface area (Å²) in [6.45, 7) is 6.26. The van der Waals surface area contributed by atoms with Crippen molar-refractivity contribution in [2.24, 2.45) is 0 Å². The monoisotopic (exact) mass is 151 g/mol. The Hall–Kier alpha value is -1.05. The molecular weight excluding hydrogens is 138 g/mol. The highest BCUT2D eigenvalue weighted by molar-refractivity contribution is 5.26. The third-order valence-corrected chi connectivity index (χ3v) is 1.59. The van der Waals surface area contributed by atoms with Crippen LogP contribution in [0.15, 0.2) is 18.5 Å². The lowest BCUT2D eigenvalue weighted by Gasteiger charge is -2.17. The van der Waals surface area contributed by atoms with Crippen LogP contribution in [0, 0.1) is 0 Å². The first-order valence-electron chi connectivity index (χ1n) is 3.64. The zero-order valence-electron chi connectivity index (χ0n) is 7.13. The molecule has 1 N–H and O–H groups in total. The molecule has 0 saturated carbocycles. The standard InChI is InChI=1S/C9H13NO/c1-9(2,3)7-4-8(11)6-10-5-7/h4-6,11H,1-3H3. The van der Waals surface area contributed by atoms with E-state index in [1.54, 1.807) is 12.3 Å². The van der Waals surface area contributed by atoms with Gasteiger partial charge in [0.1, 0.15) is 5.75 Å². The third kappa shape index (κ3) is 1.93. The predicted molar refractivity (Wildman–Crippen MR) is 44.6 cm³/mol. The molecule has 0 spiro atoms. The molecule has 0 fully saturated rings. The molecular formula is C9H13NO. The molecule has 11 heavy (non-hydrogen) atoms. The zero-order chi connectivity index (χ0) is 8.48. The highest BCUT2D eigenvalue weighted by Crippen LogP contribution is 2.23. The van der Waals surface area contributed by atoms with Crippen LogP contribution in [-0.4, -0.2) is 10.1 Å². The van der Waals surface area contributed by atoms with Gasteiger partial charge in [0.15, 0.2) is 0 Å². The summed E-state index contributed by atoms with van der Waals surface area (Å²) in [6, 6.07) is 1.74. The van der Waals surface area contributed by atoms with E-state index >= 15 is 0 Å². The number of nitrogens with zero attached hydrogens (tertiary/aromatic N) is 1. The van der Waals surface area contributed by atoms with Crippen LogP contribution in [0.5, 0.6) is 5.75 Å². The molecule has 0 unspecified atom stereocenters. The Morgan fingerprint density at radius 1 is 1.27 bits per heavy atom. The van der Waals surface area contributed by atoms with Gasteiger partial charge in [-0.25, -0.2) is 0 Å². The summed E-state index contributed by atoms with van der Waals surface area (Å²) in [5.74, 6) is 0.234. The van der Waals surface area contributed by atoms with Crippen molar-refractivity contribution >= 4 is 0 Å². The fourth-order valence-electron chi connectivity index (χ4n) is 0.838. The van der Waals surface area contributed by atoms with Gasteiger partial charge in [-0.2, -0.15) is 0 Å². The maximum atomic E-state index is 9.11. The molecule has 2 heteroatoms. The number of hydrogen-bond acceptors (Lipinski definition) is 2. The number of hydrogen-bond donors (Lipinski definition) is 1. The number of pyridine rings is 1. The van der Waals surface area contributed by atoms with Crippen molar-refractivity contribution < 1.29 is 5.11 Å². The second-order valence-electron chi connectivity index (χ2n) is 3.68. The molecule has 1 rings (SSSR count). The van der Waals surface area contributed by atoms with Gasteiger partial charge in [-0.15, -0.1) is 0 Å². The lowest BCUT2D eigenvalue weighted by atomic mass is 9.88. The van der Waals surface area contributed by atoms with E-state index in [4.69, 9.17) is 5.11 Å². The van der Waals surface area contributed by atoms with E-state index in [9.17, 15) is 0 Å². The summed E-state index contributed by atoms with van der Waals surface area (Å²) in [4.78, 5) is 3.90. The van der Waals surface area contributed by atoms with Gasteiger partial charge in [0.05, 0.1) is 6.20 Å². The topological polar surface area (TPSA) is 33.1 Å². The molecule has 0 amide bonds. The average molecular weight is 151 g/mol. The van der Waals surface area contributed by atoms with E-state index in [0.29, 0.717) is 0 Å². The third-order valence-electron chi connectivity index (χ3n) is 1.59. The number of aromatic hydroxyl groups is 1. The van der Waals surface area contributed by atoms with E-state index in [2.05, 4.69) is 25.8 Å². The fraction of sp³-hybridized carbons (Fsp3) is 0.444. The van der Waals surface area contributed by atoms with Gasteiger partial charge in [0.2, 0.25) is 0 Å². The van der Waals surface area contributed by atoms with Crippen molar-refractivity contribution in [2.45, 2.75) is 26.2 Å². The summed E-state index contributed by atoms with van der Waals surface area (Å²) < 4.78 is 0. The van der Waals surface area contributed by atoms with Crippen LogP contribution < -0.4 is 0 Å². The maximum absolute atomic E-state index is 9.11. The minimum atomic E-state index is 0.0613. The minimum Gasteiger partial charge on any atom is -0.506 e. The Bertz CT molecular complexity index is 250. The molecule has 0 saturated heterocycles. The first kappa shape index (κ1) is 8.05. The second-order valence-corrected chi connectivity index (χ2v) is 3.68. The Morgan fingerprint density at radius 2 is 1.91 bits per heavy atom. The Morgan fingerprint density at radius 3 is 2.27 bits per heavy atom. The van der Waals surface area contributed by atoms with Crippen molar-refractivity contribution in [3.8, 4) is 5.75 Å². The van der Waals surface area contributed by atoms with Crippen molar-refractivity contribution in [2.75, 3.05) is 0 Å². The predicted octanol–water partition coefficient (Wildman–Crippen LogP) is 2.08. The number of rotatable bonds is 0. The molecule has 0 aliphatic heterocycles. The normalized spacial score (nSPS) is 11.5.